The third-order valence-electron chi connectivity index (χ3n) is 2.13. The van der Waals surface area contributed by atoms with Crippen molar-refractivity contribution in [2.24, 2.45) is 5.73 Å². The molecule has 0 saturated carbocycles. The van der Waals surface area contributed by atoms with E-state index in [9.17, 15) is 10.1 Å². The van der Waals surface area contributed by atoms with Gasteiger partial charge in [0, 0.05) is 18.2 Å². The molecule has 0 heterocycles. The summed E-state index contributed by atoms with van der Waals surface area (Å²) in [6.07, 6.45) is 0. The van der Waals surface area contributed by atoms with Crippen molar-refractivity contribution in [3.63, 3.8) is 0 Å². The van der Waals surface area contributed by atoms with Crippen LogP contribution in [0.25, 0.3) is 0 Å². The van der Waals surface area contributed by atoms with Gasteiger partial charge in [-0.3, -0.25) is 10.1 Å². The van der Waals surface area contributed by atoms with E-state index in [2.05, 4.69) is 0 Å². The monoisotopic (exact) mass is 210 g/mol. The molecule has 0 amide bonds. The Kier molecular flexibility index (Phi) is 4.20. The molecule has 15 heavy (non-hydrogen) atoms. The Bertz CT molecular complexity index is 353. The largest absolute Gasteiger partial charge is 0.375 e. The zero-order chi connectivity index (χ0) is 11.3. The van der Waals surface area contributed by atoms with Gasteiger partial charge in [-0.1, -0.05) is 12.1 Å². The fourth-order valence-electron chi connectivity index (χ4n) is 1.29. The minimum Gasteiger partial charge on any atom is -0.375 e. The van der Waals surface area contributed by atoms with Gasteiger partial charge in [-0.2, -0.15) is 0 Å². The molecule has 1 aromatic rings. The van der Waals surface area contributed by atoms with Gasteiger partial charge in [0.2, 0.25) is 0 Å². The molecule has 0 spiro atoms. The number of nitro groups is 1. The summed E-state index contributed by atoms with van der Waals surface area (Å²) in [5.74, 6) is 0. The first-order valence-corrected chi connectivity index (χ1v) is 4.67. The Balaban J connectivity index is 2.80. The van der Waals surface area contributed by atoms with E-state index in [0.717, 1.165) is 5.56 Å². The summed E-state index contributed by atoms with van der Waals surface area (Å²) >= 11 is 0. The van der Waals surface area contributed by atoms with Crippen LogP contribution in [0.3, 0.4) is 0 Å². The number of nitrogens with two attached hydrogens (primary N) is 1. The zero-order valence-corrected chi connectivity index (χ0v) is 8.60. The lowest BCUT2D eigenvalue weighted by Crippen LogP contribution is -2.08. The third kappa shape index (κ3) is 3.00. The van der Waals surface area contributed by atoms with E-state index >= 15 is 0 Å². The molecule has 82 valence electrons. The molecule has 5 heteroatoms. The molecule has 0 aliphatic rings. The van der Waals surface area contributed by atoms with Crippen LogP contribution in [0.4, 0.5) is 5.69 Å². The smallest absolute Gasteiger partial charge is 0.272 e. The quantitative estimate of drug-likeness (QED) is 0.452. The predicted molar refractivity (Wildman–Crippen MR) is 56.5 cm³/mol. The molecule has 1 aromatic carbocycles. The predicted octanol–water partition coefficient (Wildman–Crippen LogP) is 1.38. The molecule has 0 unspecified atom stereocenters. The molecule has 0 radical (unpaired) electrons. The van der Waals surface area contributed by atoms with Gasteiger partial charge in [0.25, 0.3) is 5.69 Å². The van der Waals surface area contributed by atoms with Gasteiger partial charge in [-0.25, -0.2) is 0 Å². The van der Waals surface area contributed by atoms with Gasteiger partial charge >= 0.3 is 0 Å². The molecule has 0 atom stereocenters. The lowest BCUT2D eigenvalue weighted by atomic mass is 10.1. The number of hydrogen-bond donors (Lipinski definition) is 1. The van der Waals surface area contributed by atoms with Crippen LogP contribution in [0.2, 0.25) is 0 Å². The Morgan fingerprint density at radius 1 is 1.53 bits per heavy atom. The molecule has 0 aliphatic heterocycles. The van der Waals surface area contributed by atoms with Crippen LogP contribution in [0.1, 0.15) is 11.1 Å². The number of nitrogens with zero attached hydrogens (tertiary/aromatic N) is 1. The van der Waals surface area contributed by atoms with Crippen LogP contribution in [-0.2, 0) is 11.3 Å². The summed E-state index contributed by atoms with van der Waals surface area (Å²) in [6, 6.07) is 4.97. The normalized spacial score (nSPS) is 10.3. The number of hydrogen-bond acceptors (Lipinski definition) is 4. The molecular formula is C10H14N2O3. The number of benzene rings is 1. The standard InChI is InChI=1S/C10H14N2O3/c1-8-9(7-15-6-5-11)3-2-4-10(8)12(13)14/h2-4H,5-7,11H2,1H3. The second kappa shape index (κ2) is 5.43. The van der Waals surface area contributed by atoms with Crippen molar-refractivity contribution in [2.45, 2.75) is 13.5 Å². The van der Waals surface area contributed by atoms with Gasteiger partial charge < -0.3 is 10.5 Å². The van der Waals surface area contributed by atoms with Crippen molar-refractivity contribution < 1.29 is 9.66 Å². The highest BCUT2D eigenvalue weighted by molar-refractivity contribution is 5.44. The summed E-state index contributed by atoms with van der Waals surface area (Å²) in [6.45, 7) is 3.00. The minimum absolute atomic E-state index is 0.129. The third-order valence-corrected chi connectivity index (χ3v) is 2.13. The molecule has 2 N–H and O–H groups in total. The molecular weight excluding hydrogens is 196 g/mol. The number of rotatable bonds is 5. The maximum absolute atomic E-state index is 10.6. The lowest BCUT2D eigenvalue weighted by molar-refractivity contribution is -0.385. The van der Waals surface area contributed by atoms with Crippen molar-refractivity contribution >= 4 is 5.69 Å². The molecule has 0 aliphatic carbocycles. The second-order valence-electron chi connectivity index (χ2n) is 3.16. The highest BCUT2D eigenvalue weighted by Gasteiger charge is 2.12. The first-order chi connectivity index (χ1) is 7.16. The average Bonchev–Trinajstić information content (AvgIpc) is 2.20. The topological polar surface area (TPSA) is 78.4 Å². The first-order valence-electron chi connectivity index (χ1n) is 4.67. The highest BCUT2D eigenvalue weighted by Crippen LogP contribution is 2.21. The zero-order valence-electron chi connectivity index (χ0n) is 8.60. The van der Waals surface area contributed by atoms with Crippen molar-refractivity contribution in [1.82, 2.24) is 0 Å². The van der Waals surface area contributed by atoms with Crippen LogP contribution < -0.4 is 5.73 Å². The maximum Gasteiger partial charge on any atom is 0.272 e. The molecule has 5 nitrogen and oxygen atoms in total. The van der Waals surface area contributed by atoms with E-state index in [-0.39, 0.29) is 10.6 Å². The summed E-state index contributed by atoms with van der Waals surface area (Å²) in [5, 5.41) is 10.6. The van der Waals surface area contributed by atoms with Crippen molar-refractivity contribution in [1.29, 1.82) is 0 Å². The van der Waals surface area contributed by atoms with Crippen LogP contribution in [0.5, 0.6) is 0 Å². The SMILES string of the molecule is Cc1c(COCCN)cccc1[N+](=O)[O-]. The summed E-state index contributed by atoms with van der Waals surface area (Å²) < 4.78 is 5.24. The minimum atomic E-state index is -0.387. The van der Waals surface area contributed by atoms with E-state index in [1.807, 2.05) is 6.07 Å². The second-order valence-corrected chi connectivity index (χ2v) is 3.16. The van der Waals surface area contributed by atoms with Gasteiger partial charge in [0.15, 0.2) is 0 Å². The summed E-state index contributed by atoms with van der Waals surface area (Å²) in [7, 11) is 0. The molecule has 1 rings (SSSR count). The Hall–Kier alpha value is -1.46. The summed E-state index contributed by atoms with van der Waals surface area (Å²) in [4.78, 5) is 10.3. The first kappa shape index (κ1) is 11.6. The van der Waals surface area contributed by atoms with Crippen molar-refractivity contribution in [2.75, 3.05) is 13.2 Å². The fraction of sp³-hybridized carbons (Fsp3) is 0.400. The maximum atomic E-state index is 10.6. The molecule has 0 bridgehead atoms. The average molecular weight is 210 g/mol. The molecule has 0 aromatic heterocycles. The molecule has 0 fully saturated rings. The van der Waals surface area contributed by atoms with Crippen LogP contribution in [-0.4, -0.2) is 18.1 Å². The van der Waals surface area contributed by atoms with Crippen molar-refractivity contribution in [3.05, 3.63) is 39.4 Å². The van der Waals surface area contributed by atoms with E-state index in [4.69, 9.17) is 10.5 Å². The van der Waals surface area contributed by atoms with E-state index < -0.39 is 0 Å². The lowest BCUT2D eigenvalue weighted by Gasteiger charge is -2.06. The van der Waals surface area contributed by atoms with Gasteiger partial charge in [-0.15, -0.1) is 0 Å². The Morgan fingerprint density at radius 2 is 2.27 bits per heavy atom. The van der Waals surface area contributed by atoms with Crippen LogP contribution >= 0.6 is 0 Å². The van der Waals surface area contributed by atoms with Gasteiger partial charge in [-0.05, 0) is 12.5 Å². The highest BCUT2D eigenvalue weighted by atomic mass is 16.6. The van der Waals surface area contributed by atoms with Gasteiger partial charge in [0.1, 0.15) is 0 Å². The van der Waals surface area contributed by atoms with E-state index in [1.54, 1.807) is 13.0 Å². The number of ether oxygens (including phenoxy) is 1. The summed E-state index contributed by atoms with van der Waals surface area (Å²) in [5.41, 5.74) is 6.89. The van der Waals surface area contributed by atoms with E-state index in [1.165, 1.54) is 6.07 Å². The van der Waals surface area contributed by atoms with E-state index in [0.29, 0.717) is 25.3 Å². The van der Waals surface area contributed by atoms with Crippen LogP contribution in [0.15, 0.2) is 18.2 Å². The van der Waals surface area contributed by atoms with Crippen LogP contribution in [0, 0.1) is 17.0 Å². The van der Waals surface area contributed by atoms with Crippen molar-refractivity contribution in [3.8, 4) is 0 Å². The van der Waals surface area contributed by atoms with Gasteiger partial charge in [0.05, 0.1) is 18.1 Å². The Morgan fingerprint density at radius 3 is 2.87 bits per heavy atom. The number of nitro benzene ring substituents is 1. The fourth-order valence-corrected chi connectivity index (χ4v) is 1.29. The molecule has 0 saturated heterocycles. The Labute approximate surface area is 88.0 Å².